The van der Waals surface area contributed by atoms with Gasteiger partial charge in [-0.05, 0) is 36.8 Å². The first-order valence-electron chi connectivity index (χ1n) is 9.79. The SMILES string of the molecule is COc1ccccc1-n1c(SCC(=O)Nc2cccc(C)c2)nnc1-c1ccccc1. The van der Waals surface area contributed by atoms with Crippen LogP contribution in [0, 0.1) is 6.92 Å². The van der Waals surface area contributed by atoms with E-state index in [1.165, 1.54) is 11.8 Å². The van der Waals surface area contributed by atoms with Gasteiger partial charge < -0.3 is 10.1 Å². The first-order valence-corrected chi connectivity index (χ1v) is 10.8. The molecule has 156 valence electrons. The highest BCUT2D eigenvalue weighted by Crippen LogP contribution is 2.32. The minimum Gasteiger partial charge on any atom is -0.495 e. The van der Waals surface area contributed by atoms with Gasteiger partial charge in [0.15, 0.2) is 11.0 Å². The molecule has 3 aromatic carbocycles. The van der Waals surface area contributed by atoms with E-state index in [2.05, 4.69) is 15.5 Å². The molecule has 0 aliphatic carbocycles. The molecule has 0 unspecified atom stereocenters. The lowest BCUT2D eigenvalue weighted by molar-refractivity contribution is -0.113. The molecule has 0 aliphatic heterocycles. The number of carbonyl (C=O) groups excluding carboxylic acids is 1. The Labute approximate surface area is 185 Å². The molecule has 1 heterocycles. The number of ether oxygens (including phenoxy) is 1. The topological polar surface area (TPSA) is 69.0 Å². The molecule has 0 spiro atoms. The van der Waals surface area contributed by atoms with E-state index in [4.69, 9.17) is 4.74 Å². The Bertz CT molecular complexity index is 1190. The third-order valence-electron chi connectivity index (χ3n) is 4.63. The standard InChI is InChI=1S/C24H22N4O2S/c1-17-9-8-12-19(15-17)25-22(29)16-31-24-27-26-23(18-10-4-3-5-11-18)28(24)20-13-6-7-14-21(20)30-2/h3-15H,16H2,1-2H3,(H,25,29). The normalized spacial score (nSPS) is 10.6. The second-order valence-corrected chi connectivity index (χ2v) is 7.83. The molecule has 0 aliphatic rings. The fraction of sp³-hybridized carbons (Fsp3) is 0.125. The highest BCUT2D eigenvalue weighted by atomic mass is 32.2. The molecule has 4 aromatic rings. The lowest BCUT2D eigenvalue weighted by atomic mass is 10.2. The minimum absolute atomic E-state index is 0.105. The highest BCUT2D eigenvalue weighted by Gasteiger charge is 2.19. The van der Waals surface area contributed by atoms with Crippen molar-refractivity contribution in [3.63, 3.8) is 0 Å². The lowest BCUT2D eigenvalue weighted by Crippen LogP contribution is -2.14. The Morgan fingerprint density at radius 3 is 2.55 bits per heavy atom. The third-order valence-corrected chi connectivity index (χ3v) is 5.55. The van der Waals surface area contributed by atoms with E-state index >= 15 is 0 Å². The summed E-state index contributed by atoms with van der Waals surface area (Å²) in [6.45, 7) is 1.99. The molecular formula is C24H22N4O2S. The Balaban J connectivity index is 1.63. The van der Waals surface area contributed by atoms with Crippen molar-refractivity contribution in [3.8, 4) is 22.8 Å². The first kappa shape index (κ1) is 20.7. The highest BCUT2D eigenvalue weighted by molar-refractivity contribution is 7.99. The van der Waals surface area contributed by atoms with Crippen LogP contribution < -0.4 is 10.1 Å². The Morgan fingerprint density at radius 1 is 1.00 bits per heavy atom. The van der Waals surface area contributed by atoms with E-state index in [9.17, 15) is 4.79 Å². The van der Waals surface area contributed by atoms with E-state index in [1.54, 1.807) is 7.11 Å². The summed E-state index contributed by atoms with van der Waals surface area (Å²) in [4.78, 5) is 12.5. The molecule has 6 nitrogen and oxygen atoms in total. The smallest absolute Gasteiger partial charge is 0.234 e. The monoisotopic (exact) mass is 430 g/mol. The second kappa shape index (κ2) is 9.49. The number of rotatable bonds is 7. The van der Waals surface area contributed by atoms with Gasteiger partial charge in [0, 0.05) is 11.3 Å². The van der Waals surface area contributed by atoms with Crippen LogP contribution in [-0.2, 0) is 4.79 Å². The maximum Gasteiger partial charge on any atom is 0.234 e. The maximum atomic E-state index is 12.5. The van der Waals surface area contributed by atoms with E-state index in [1.807, 2.05) is 90.4 Å². The van der Waals surface area contributed by atoms with Crippen molar-refractivity contribution in [1.29, 1.82) is 0 Å². The van der Waals surface area contributed by atoms with Gasteiger partial charge in [0.1, 0.15) is 5.75 Å². The molecule has 0 saturated carbocycles. The average molecular weight is 431 g/mol. The second-order valence-electron chi connectivity index (χ2n) is 6.89. The van der Waals surface area contributed by atoms with Crippen molar-refractivity contribution in [2.75, 3.05) is 18.2 Å². The zero-order chi connectivity index (χ0) is 21.6. The van der Waals surface area contributed by atoms with Crippen LogP contribution in [0.1, 0.15) is 5.56 Å². The number of aromatic nitrogens is 3. The number of benzene rings is 3. The van der Waals surface area contributed by atoms with Crippen LogP contribution >= 0.6 is 11.8 Å². The number of carbonyl (C=O) groups is 1. The predicted octanol–water partition coefficient (Wildman–Crippen LogP) is 4.98. The molecule has 31 heavy (non-hydrogen) atoms. The number of methoxy groups -OCH3 is 1. The summed E-state index contributed by atoms with van der Waals surface area (Å²) in [5, 5.41) is 12.3. The quantitative estimate of drug-likeness (QED) is 0.419. The fourth-order valence-electron chi connectivity index (χ4n) is 3.22. The van der Waals surface area contributed by atoms with Crippen LogP contribution in [-0.4, -0.2) is 33.5 Å². The molecule has 1 aromatic heterocycles. The Morgan fingerprint density at radius 2 is 1.77 bits per heavy atom. The molecule has 0 bridgehead atoms. The molecule has 4 rings (SSSR count). The summed E-state index contributed by atoms with van der Waals surface area (Å²) in [7, 11) is 1.63. The zero-order valence-corrected chi connectivity index (χ0v) is 18.1. The van der Waals surface area contributed by atoms with Crippen molar-refractivity contribution >= 4 is 23.4 Å². The number of hydrogen-bond acceptors (Lipinski definition) is 5. The molecule has 0 saturated heterocycles. The summed E-state index contributed by atoms with van der Waals surface area (Å²) in [6, 6.07) is 25.2. The number of para-hydroxylation sites is 2. The molecule has 0 fully saturated rings. The first-order chi connectivity index (χ1) is 15.2. The number of nitrogens with one attached hydrogen (secondary N) is 1. The maximum absolute atomic E-state index is 12.5. The number of thioether (sulfide) groups is 1. The van der Waals surface area contributed by atoms with E-state index < -0.39 is 0 Å². The van der Waals surface area contributed by atoms with Gasteiger partial charge in [0.2, 0.25) is 5.91 Å². The zero-order valence-electron chi connectivity index (χ0n) is 17.3. The van der Waals surface area contributed by atoms with Crippen LogP contribution in [0.5, 0.6) is 5.75 Å². The number of amides is 1. The summed E-state index contributed by atoms with van der Waals surface area (Å²) in [5.41, 5.74) is 3.61. The van der Waals surface area contributed by atoms with E-state index in [-0.39, 0.29) is 11.7 Å². The third kappa shape index (κ3) is 4.78. The Kier molecular flexibility index (Phi) is 6.33. The van der Waals surface area contributed by atoms with Crippen molar-refractivity contribution in [2.45, 2.75) is 12.1 Å². The van der Waals surface area contributed by atoms with Gasteiger partial charge in [-0.1, -0.05) is 66.4 Å². The fourth-order valence-corrected chi connectivity index (χ4v) is 3.96. The molecule has 0 atom stereocenters. The van der Waals surface area contributed by atoms with Gasteiger partial charge in [-0.3, -0.25) is 9.36 Å². The van der Waals surface area contributed by atoms with Gasteiger partial charge in [0.25, 0.3) is 0 Å². The van der Waals surface area contributed by atoms with Crippen LogP contribution in [0.2, 0.25) is 0 Å². The van der Waals surface area contributed by atoms with Crippen LogP contribution in [0.4, 0.5) is 5.69 Å². The molecule has 7 heteroatoms. The van der Waals surface area contributed by atoms with Crippen LogP contribution in [0.3, 0.4) is 0 Å². The van der Waals surface area contributed by atoms with Crippen molar-refractivity contribution in [3.05, 3.63) is 84.4 Å². The van der Waals surface area contributed by atoms with Gasteiger partial charge in [-0.2, -0.15) is 0 Å². The van der Waals surface area contributed by atoms with Crippen molar-refractivity contribution in [1.82, 2.24) is 14.8 Å². The number of nitrogens with zero attached hydrogens (tertiary/aromatic N) is 3. The molecular weight excluding hydrogens is 408 g/mol. The van der Waals surface area contributed by atoms with Crippen molar-refractivity contribution in [2.24, 2.45) is 0 Å². The number of anilines is 1. The van der Waals surface area contributed by atoms with Crippen molar-refractivity contribution < 1.29 is 9.53 Å². The van der Waals surface area contributed by atoms with Gasteiger partial charge in [0.05, 0.1) is 18.6 Å². The van der Waals surface area contributed by atoms with Gasteiger partial charge in [-0.15, -0.1) is 10.2 Å². The molecule has 1 N–H and O–H groups in total. The van der Waals surface area contributed by atoms with E-state index in [0.29, 0.717) is 16.7 Å². The summed E-state index contributed by atoms with van der Waals surface area (Å²) < 4.78 is 7.50. The minimum atomic E-state index is -0.105. The average Bonchev–Trinajstić information content (AvgIpc) is 3.22. The van der Waals surface area contributed by atoms with Gasteiger partial charge >= 0.3 is 0 Å². The van der Waals surface area contributed by atoms with Crippen LogP contribution in [0.25, 0.3) is 17.1 Å². The van der Waals surface area contributed by atoms with Gasteiger partial charge in [-0.25, -0.2) is 0 Å². The number of aryl methyl sites for hydroxylation is 1. The summed E-state index contributed by atoms with van der Waals surface area (Å²) in [5.74, 6) is 1.49. The summed E-state index contributed by atoms with van der Waals surface area (Å²) in [6.07, 6.45) is 0. The predicted molar refractivity (Wildman–Crippen MR) is 124 cm³/mol. The number of hydrogen-bond donors (Lipinski definition) is 1. The summed E-state index contributed by atoms with van der Waals surface area (Å²) >= 11 is 1.33. The largest absolute Gasteiger partial charge is 0.495 e. The van der Waals surface area contributed by atoms with E-state index in [0.717, 1.165) is 22.5 Å². The molecule has 1 amide bonds. The lowest BCUT2D eigenvalue weighted by Gasteiger charge is -2.14. The van der Waals surface area contributed by atoms with Crippen LogP contribution in [0.15, 0.2) is 84.0 Å². The molecule has 0 radical (unpaired) electrons. The Hall–Kier alpha value is -3.58.